The predicted molar refractivity (Wildman–Crippen MR) is 75.3 cm³/mol. The Morgan fingerprint density at radius 3 is 2.63 bits per heavy atom. The molecule has 2 heterocycles. The van der Waals surface area contributed by atoms with Gasteiger partial charge >= 0.3 is 0 Å². The van der Waals surface area contributed by atoms with E-state index in [0.717, 1.165) is 37.3 Å². The van der Waals surface area contributed by atoms with E-state index in [4.69, 9.17) is 0 Å². The summed E-state index contributed by atoms with van der Waals surface area (Å²) in [6.07, 6.45) is 3.29. The van der Waals surface area contributed by atoms with Crippen LogP contribution >= 0.6 is 0 Å². The van der Waals surface area contributed by atoms with Crippen LogP contribution in [0.3, 0.4) is 0 Å². The van der Waals surface area contributed by atoms with Crippen LogP contribution in [-0.4, -0.2) is 46.7 Å². The van der Waals surface area contributed by atoms with Crippen LogP contribution in [0, 0.1) is 13.8 Å². The van der Waals surface area contributed by atoms with Gasteiger partial charge in [0.2, 0.25) is 0 Å². The van der Waals surface area contributed by atoms with Crippen molar-refractivity contribution in [2.24, 2.45) is 0 Å². The molecule has 0 spiro atoms. The monoisotopic (exact) mass is 264 g/mol. The Balaban J connectivity index is 1.88. The Labute approximate surface area is 114 Å². The van der Waals surface area contributed by atoms with Gasteiger partial charge in [-0.05, 0) is 39.7 Å². The molecule has 5 nitrogen and oxygen atoms in total. The number of amides is 1. The molecule has 106 valence electrons. The largest absolute Gasteiger partial charge is 0.349 e. The molecule has 1 aliphatic heterocycles. The molecule has 2 N–H and O–H groups in total. The second-order valence-corrected chi connectivity index (χ2v) is 5.40. The predicted octanol–water partition coefficient (Wildman–Crippen LogP) is 1.63. The SMILES string of the molecule is CCCN1CCC(NC(=O)c2c(C)n[nH]c2C)CC1. The van der Waals surface area contributed by atoms with Crippen LogP contribution in [0.1, 0.15) is 47.9 Å². The van der Waals surface area contributed by atoms with E-state index in [-0.39, 0.29) is 5.91 Å². The van der Waals surface area contributed by atoms with Crippen LogP contribution in [0.4, 0.5) is 0 Å². The Hall–Kier alpha value is -1.36. The first kappa shape index (κ1) is 14.1. The summed E-state index contributed by atoms with van der Waals surface area (Å²) in [5.74, 6) is 0.0118. The summed E-state index contributed by atoms with van der Waals surface area (Å²) in [4.78, 5) is 14.7. The fraction of sp³-hybridized carbons (Fsp3) is 0.714. The molecular formula is C14H24N4O. The van der Waals surface area contributed by atoms with Gasteiger partial charge in [-0.3, -0.25) is 9.89 Å². The van der Waals surface area contributed by atoms with Crippen molar-refractivity contribution in [1.29, 1.82) is 0 Å². The van der Waals surface area contributed by atoms with Gasteiger partial charge in [0.1, 0.15) is 0 Å². The zero-order valence-corrected chi connectivity index (χ0v) is 12.1. The van der Waals surface area contributed by atoms with E-state index in [1.807, 2.05) is 13.8 Å². The fourth-order valence-corrected chi connectivity index (χ4v) is 2.76. The maximum Gasteiger partial charge on any atom is 0.255 e. The van der Waals surface area contributed by atoms with Gasteiger partial charge < -0.3 is 10.2 Å². The van der Waals surface area contributed by atoms with Gasteiger partial charge in [-0.2, -0.15) is 5.10 Å². The average Bonchev–Trinajstić information content (AvgIpc) is 2.72. The molecule has 0 bridgehead atoms. The molecule has 0 aromatic carbocycles. The van der Waals surface area contributed by atoms with Crippen molar-refractivity contribution in [1.82, 2.24) is 20.4 Å². The molecule has 1 aromatic rings. The van der Waals surface area contributed by atoms with E-state index in [1.54, 1.807) is 0 Å². The maximum absolute atomic E-state index is 12.2. The summed E-state index contributed by atoms with van der Waals surface area (Å²) >= 11 is 0. The van der Waals surface area contributed by atoms with E-state index in [2.05, 4.69) is 27.3 Å². The van der Waals surface area contributed by atoms with Gasteiger partial charge in [0.25, 0.3) is 5.91 Å². The second-order valence-electron chi connectivity index (χ2n) is 5.40. The number of hydrogen-bond acceptors (Lipinski definition) is 3. The van der Waals surface area contributed by atoms with Gasteiger partial charge in [-0.1, -0.05) is 6.92 Å². The Kier molecular flexibility index (Phi) is 4.58. The number of piperidine rings is 1. The van der Waals surface area contributed by atoms with Crippen molar-refractivity contribution >= 4 is 5.91 Å². The third-order valence-corrected chi connectivity index (χ3v) is 3.82. The molecule has 0 aliphatic carbocycles. The molecule has 5 heteroatoms. The first-order chi connectivity index (χ1) is 9.11. The number of nitrogens with zero attached hydrogens (tertiary/aromatic N) is 2. The van der Waals surface area contributed by atoms with Gasteiger partial charge in [0.05, 0.1) is 11.3 Å². The normalized spacial score (nSPS) is 17.6. The lowest BCUT2D eigenvalue weighted by Gasteiger charge is -2.32. The minimum atomic E-state index is 0.0118. The third kappa shape index (κ3) is 3.35. The zero-order valence-electron chi connectivity index (χ0n) is 12.1. The molecule has 0 atom stereocenters. The second kappa shape index (κ2) is 6.19. The van der Waals surface area contributed by atoms with E-state index in [1.165, 1.54) is 13.0 Å². The minimum absolute atomic E-state index is 0.0118. The van der Waals surface area contributed by atoms with Crippen LogP contribution in [0.15, 0.2) is 0 Å². The maximum atomic E-state index is 12.2. The summed E-state index contributed by atoms with van der Waals surface area (Å²) in [5, 5.41) is 10.1. The number of rotatable bonds is 4. The van der Waals surface area contributed by atoms with Gasteiger partial charge in [-0.15, -0.1) is 0 Å². The number of aryl methyl sites for hydroxylation is 2. The van der Waals surface area contributed by atoms with E-state index in [0.29, 0.717) is 11.6 Å². The van der Waals surface area contributed by atoms with Crippen LogP contribution in [0.2, 0.25) is 0 Å². The molecule has 1 fully saturated rings. The van der Waals surface area contributed by atoms with Gasteiger partial charge in [-0.25, -0.2) is 0 Å². The lowest BCUT2D eigenvalue weighted by molar-refractivity contribution is 0.0910. The molecular weight excluding hydrogens is 240 g/mol. The summed E-state index contributed by atoms with van der Waals surface area (Å²) in [5.41, 5.74) is 2.33. The Morgan fingerprint density at radius 2 is 2.11 bits per heavy atom. The first-order valence-corrected chi connectivity index (χ1v) is 7.16. The Morgan fingerprint density at radius 1 is 1.42 bits per heavy atom. The minimum Gasteiger partial charge on any atom is -0.349 e. The molecule has 0 radical (unpaired) electrons. The van der Waals surface area contributed by atoms with Crippen molar-refractivity contribution in [3.8, 4) is 0 Å². The van der Waals surface area contributed by atoms with Crippen molar-refractivity contribution < 1.29 is 4.79 Å². The van der Waals surface area contributed by atoms with Crippen molar-refractivity contribution in [3.63, 3.8) is 0 Å². The highest BCUT2D eigenvalue weighted by Gasteiger charge is 2.22. The highest BCUT2D eigenvalue weighted by Crippen LogP contribution is 2.13. The summed E-state index contributed by atoms with van der Waals surface area (Å²) in [6.45, 7) is 9.30. The smallest absolute Gasteiger partial charge is 0.255 e. The summed E-state index contributed by atoms with van der Waals surface area (Å²) in [6, 6.07) is 0.300. The van der Waals surface area contributed by atoms with Crippen LogP contribution in [-0.2, 0) is 0 Å². The topological polar surface area (TPSA) is 61.0 Å². The fourth-order valence-electron chi connectivity index (χ4n) is 2.76. The molecule has 1 saturated heterocycles. The lowest BCUT2D eigenvalue weighted by atomic mass is 10.0. The van der Waals surface area contributed by atoms with Crippen molar-refractivity contribution in [2.45, 2.75) is 46.1 Å². The molecule has 1 amide bonds. The van der Waals surface area contributed by atoms with Gasteiger partial charge in [0.15, 0.2) is 0 Å². The average molecular weight is 264 g/mol. The number of carbonyl (C=O) groups excluding carboxylic acids is 1. The molecule has 0 saturated carbocycles. The van der Waals surface area contributed by atoms with Crippen molar-refractivity contribution in [2.75, 3.05) is 19.6 Å². The van der Waals surface area contributed by atoms with Gasteiger partial charge in [0, 0.05) is 24.8 Å². The molecule has 1 aliphatic rings. The molecule has 1 aromatic heterocycles. The van der Waals surface area contributed by atoms with E-state index in [9.17, 15) is 4.79 Å². The lowest BCUT2D eigenvalue weighted by Crippen LogP contribution is -2.44. The van der Waals surface area contributed by atoms with E-state index < -0.39 is 0 Å². The standard InChI is InChI=1S/C14H24N4O/c1-4-7-18-8-5-12(6-9-18)15-14(19)13-10(2)16-17-11(13)3/h12H,4-9H2,1-3H3,(H,15,19)(H,16,17). The molecule has 19 heavy (non-hydrogen) atoms. The molecule has 2 rings (SSSR count). The highest BCUT2D eigenvalue weighted by atomic mass is 16.1. The van der Waals surface area contributed by atoms with Crippen LogP contribution in [0.25, 0.3) is 0 Å². The Bertz CT molecular complexity index is 413. The number of nitrogens with one attached hydrogen (secondary N) is 2. The van der Waals surface area contributed by atoms with Crippen LogP contribution in [0.5, 0.6) is 0 Å². The number of aromatic nitrogens is 2. The van der Waals surface area contributed by atoms with E-state index >= 15 is 0 Å². The number of H-pyrrole nitrogens is 1. The third-order valence-electron chi connectivity index (χ3n) is 3.82. The highest BCUT2D eigenvalue weighted by molar-refractivity contribution is 5.96. The van der Waals surface area contributed by atoms with Crippen LogP contribution < -0.4 is 5.32 Å². The summed E-state index contributed by atoms with van der Waals surface area (Å²) < 4.78 is 0. The first-order valence-electron chi connectivity index (χ1n) is 7.16. The molecule has 0 unspecified atom stereocenters. The number of likely N-dealkylation sites (tertiary alicyclic amines) is 1. The quantitative estimate of drug-likeness (QED) is 0.869. The number of hydrogen-bond donors (Lipinski definition) is 2. The van der Waals surface area contributed by atoms with Crippen molar-refractivity contribution in [3.05, 3.63) is 17.0 Å². The number of aromatic amines is 1. The number of carbonyl (C=O) groups is 1. The zero-order chi connectivity index (χ0) is 13.8. The summed E-state index contributed by atoms with van der Waals surface area (Å²) in [7, 11) is 0.